The molecule has 0 unspecified atom stereocenters. The van der Waals surface area contributed by atoms with Crippen molar-refractivity contribution in [3.8, 4) is 16.8 Å². The Kier molecular flexibility index (Phi) is 18.3. The van der Waals surface area contributed by atoms with Crippen LogP contribution in [0.1, 0.15) is 125 Å². The molecule has 12 nitrogen and oxygen atoms in total. The summed E-state index contributed by atoms with van der Waals surface area (Å²) >= 11 is 0. The van der Waals surface area contributed by atoms with Gasteiger partial charge < -0.3 is 22.1 Å². The highest BCUT2D eigenvalue weighted by Gasteiger charge is 2.24. The number of aliphatic imine (C=N–C) groups is 1. The van der Waals surface area contributed by atoms with Crippen LogP contribution in [-0.4, -0.2) is 47.2 Å². The van der Waals surface area contributed by atoms with Crippen molar-refractivity contribution in [2.24, 2.45) is 4.99 Å². The Morgan fingerprint density at radius 3 is 1.70 bits per heavy atom. The molecule has 1 heterocycles. The lowest BCUT2D eigenvalue weighted by Crippen LogP contribution is -2.71. The second kappa shape index (κ2) is 26.2. The Bertz CT molecular complexity index is 3680. The van der Waals surface area contributed by atoms with E-state index in [-0.39, 0.29) is 23.4 Å². The number of aromatic nitrogens is 2. The molecule has 7 aromatic carbocycles. The van der Waals surface area contributed by atoms with Gasteiger partial charge in [-0.1, -0.05) is 92.4 Å². The van der Waals surface area contributed by atoms with Gasteiger partial charge in [-0.2, -0.15) is 0 Å². The average molecular weight is 1070 g/mol. The number of ketones is 2. The molecule has 0 spiro atoms. The van der Waals surface area contributed by atoms with E-state index in [0.717, 1.165) is 147 Å². The summed E-state index contributed by atoms with van der Waals surface area (Å²) in [6.45, 7) is 9.03. The van der Waals surface area contributed by atoms with Crippen LogP contribution in [0.5, 0.6) is 0 Å². The molecular weight excluding hydrogens is 993 g/mol. The number of rotatable bonds is 23. The van der Waals surface area contributed by atoms with E-state index in [1.165, 1.54) is 0 Å². The number of Topliss-reactive ketones (excluding diaryl/α,β-unsaturated/α-hetero) is 2. The molecule has 1 aromatic heterocycles. The van der Waals surface area contributed by atoms with Gasteiger partial charge in [0.15, 0.2) is 17.3 Å². The monoisotopic (exact) mass is 1060 g/mol. The number of aryl methyl sites for hydroxylation is 3. The van der Waals surface area contributed by atoms with Gasteiger partial charge in [-0.15, -0.1) is 4.57 Å². The molecule has 80 heavy (non-hydrogen) atoms. The smallest absolute Gasteiger partial charge is 0.251 e. The SMILES string of the molecule is CC1=CC(=Nc2cc(C)c(N)cc2[NH2+]c2ccccc2)CC=C1C(=O)CCCCCCNC(=O)c1ccc(-c2ccc(C(=O)NCCCCCCC(=O)c3cc4c(cc3C)nc3cc(C)c(N)cc3[n+]4-c3ccccc3)cc2)cc1. The molecular formula is C68H72N8O4+2. The summed E-state index contributed by atoms with van der Waals surface area (Å²) in [6.07, 6.45) is 12.3. The Labute approximate surface area is 469 Å². The Morgan fingerprint density at radius 2 is 1.10 bits per heavy atom. The number of unbranched alkanes of at least 4 members (excludes halogenated alkanes) is 6. The minimum atomic E-state index is -0.129. The number of allylic oxidation sites excluding steroid dienone is 4. The third-order valence-corrected chi connectivity index (χ3v) is 15.0. The van der Waals surface area contributed by atoms with Crippen molar-refractivity contribution in [3.05, 3.63) is 202 Å². The fraction of sp³-hybridized carbons (Fsp3) is 0.250. The van der Waals surface area contributed by atoms with Gasteiger partial charge in [-0.25, -0.2) is 9.98 Å². The predicted molar refractivity (Wildman–Crippen MR) is 324 cm³/mol. The maximum absolute atomic E-state index is 13.7. The van der Waals surface area contributed by atoms with Crippen LogP contribution in [0.15, 0.2) is 174 Å². The molecule has 0 radical (unpaired) electrons. The minimum Gasteiger partial charge on any atom is -0.398 e. The molecule has 0 bridgehead atoms. The highest BCUT2D eigenvalue weighted by molar-refractivity contribution is 6.08. The zero-order valence-electron chi connectivity index (χ0n) is 46.4. The second-order valence-corrected chi connectivity index (χ2v) is 21.1. The normalized spacial score (nSPS) is 12.8. The number of anilines is 2. The predicted octanol–water partition coefficient (Wildman–Crippen LogP) is 12.8. The number of quaternary nitrogens is 1. The maximum atomic E-state index is 13.7. The summed E-state index contributed by atoms with van der Waals surface area (Å²) in [4.78, 5) is 62.9. The van der Waals surface area contributed by atoms with Crippen LogP contribution in [0.2, 0.25) is 0 Å². The molecule has 8 N–H and O–H groups in total. The van der Waals surface area contributed by atoms with E-state index in [1.807, 2.05) is 173 Å². The standard InChI is InChI=1S/C68H70N8O4/c1-44-37-53(74-59-39-46(3)57(69)42-60(59)73-52-19-11-9-12-20-52)33-34-55(44)65(77)23-15-5-7-17-35-71-67(79)50-29-25-48(26-30-50)49-27-31-51(32-28-49)68(80)72-36-18-8-6-16-24-66(78)56-41-63-61(38-45(56)2)75-62-40-47(4)58(70)43-64(62)76(63)54-21-13-10-14-22-54/h9-14,19-22,25-32,34,37-43,70,73H,5-8,15-18,23-24,33,35-36,69H2,1-4H3,(H2,71,72,79,80)/p+2. The van der Waals surface area contributed by atoms with Gasteiger partial charge >= 0.3 is 0 Å². The summed E-state index contributed by atoms with van der Waals surface area (Å²) in [6, 6.07) is 47.1. The van der Waals surface area contributed by atoms with E-state index in [4.69, 9.17) is 21.4 Å². The van der Waals surface area contributed by atoms with Crippen molar-refractivity contribution in [1.29, 1.82) is 0 Å². The minimum absolute atomic E-state index is 0.106. The number of carbonyl (C=O) groups excluding carboxylic acids is 4. The molecule has 1 aliphatic carbocycles. The number of hydrogen-bond acceptors (Lipinski definition) is 8. The number of nitrogens with two attached hydrogens (primary N) is 3. The quantitative estimate of drug-likeness (QED) is 0.0138. The van der Waals surface area contributed by atoms with Crippen LogP contribution in [0.3, 0.4) is 0 Å². The molecule has 12 heteroatoms. The number of nitrogens with one attached hydrogen (secondary N) is 2. The fourth-order valence-corrected chi connectivity index (χ4v) is 10.4. The molecule has 0 fully saturated rings. The largest absolute Gasteiger partial charge is 0.398 e. The van der Waals surface area contributed by atoms with Crippen LogP contribution in [0, 0.1) is 20.8 Å². The van der Waals surface area contributed by atoms with E-state index in [1.54, 1.807) is 0 Å². The van der Waals surface area contributed by atoms with E-state index in [9.17, 15) is 19.2 Å². The number of fused-ring (bicyclic) bond motifs is 2. The van der Waals surface area contributed by atoms with Crippen LogP contribution < -0.4 is 32.0 Å². The summed E-state index contributed by atoms with van der Waals surface area (Å²) in [7, 11) is 0. The van der Waals surface area contributed by atoms with Crippen molar-refractivity contribution in [1.82, 2.24) is 15.6 Å². The van der Waals surface area contributed by atoms with Crippen molar-refractivity contribution in [2.45, 2.75) is 98.3 Å². The molecule has 9 rings (SSSR count). The maximum Gasteiger partial charge on any atom is 0.251 e. The highest BCUT2D eigenvalue weighted by Crippen LogP contribution is 2.31. The van der Waals surface area contributed by atoms with Gasteiger partial charge in [0, 0.05) is 102 Å². The van der Waals surface area contributed by atoms with Crippen LogP contribution >= 0.6 is 0 Å². The van der Waals surface area contributed by atoms with Gasteiger partial charge in [-0.05, 0) is 147 Å². The summed E-state index contributed by atoms with van der Waals surface area (Å²) in [5.74, 6) is 0.00629. The summed E-state index contributed by atoms with van der Waals surface area (Å²) in [5.41, 5.74) is 30.5. The van der Waals surface area contributed by atoms with E-state index in [2.05, 4.69) is 32.7 Å². The first-order valence-corrected chi connectivity index (χ1v) is 28.0. The van der Waals surface area contributed by atoms with Crippen molar-refractivity contribution in [3.63, 3.8) is 0 Å². The molecule has 8 aromatic rings. The van der Waals surface area contributed by atoms with Crippen molar-refractivity contribution < 1.29 is 29.1 Å². The topological polar surface area (TPSA) is 190 Å². The molecule has 0 saturated carbocycles. The summed E-state index contributed by atoms with van der Waals surface area (Å²) < 4.78 is 2.14. The molecule has 1 aliphatic rings. The molecule has 0 aliphatic heterocycles. The molecule has 406 valence electrons. The van der Waals surface area contributed by atoms with Gasteiger partial charge in [0.25, 0.3) is 11.8 Å². The van der Waals surface area contributed by atoms with E-state index < -0.39 is 0 Å². The second-order valence-electron chi connectivity index (χ2n) is 21.1. The number of carbonyl (C=O) groups is 4. The fourth-order valence-electron chi connectivity index (χ4n) is 10.4. The Hall–Kier alpha value is -8.87. The first-order valence-electron chi connectivity index (χ1n) is 28.0. The number of nitrogen functional groups attached to an aromatic ring is 2. The first kappa shape index (κ1) is 55.9. The number of para-hydroxylation sites is 2. The number of amides is 2. The lowest BCUT2D eigenvalue weighted by atomic mass is 9.92. The van der Waals surface area contributed by atoms with Crippen LogP contribution in [-0.2, 0) is 4.79 Å². The zero-order chi connectivity index (χ0) is 56.1. The number of nitrogens with zero attached hydrogens (tertiary/aromatic N) is 3. The zero-order valence-corrected chi connectivity index (χ0v) is 46.4. The molecule has 0 atom stereocenters. The van der Waals surface area contributed by atoms with E-state index in [0.29, 0.717) is 54.7 Å². The lowest BCUT2D eigenvalue weighted by molar-refractivity contribution is -0.538. The van der Waals surface area contributed by atoms with Gasteiger partial charge in [0.1, 0.15) is 22.4 Å². The van der Waals surface area contributed by atoms with Gasteiger partial charge in [0.05, 0.1) is 0 Å². The lowest BCUT2D eigenvalue weighted by Gasteiger charge is -2.14. The average Bonchev–Trinajstić information content (AvgIpc) is 3.61. The van der Waals surface area contributed by atoms with Gasteiger partial charge in [0.2, 0.25) is 16.7 Å². The van der Waals surface area contributed by atoms with Crippen LogP contribution in [0.25, 0.3) is 38.9 Å². The first-order chi connectivity index (χ1) is 38.8. The van der Waals surface area contributed by atoms with Crippen molar-refractivity contribution >= 4 is 79.6 Å². The molecule has 2 amide bonds. The van der Waals surface area contributed by atoms with Crippen LogP contribution in [0.4, 0.5) is 28.4 Å². The highest BCUT2D eigenvalue weighted by atomic mass is 16.2. The number of hydrogen-bond donors (Lipinski definition) is 5. The van der Waals surface area contributed by atoms with Gasteiger partial charge in [-0.3, -0.25) is 24.5 Å². The third kappa shape index (κ3) is 13.9. The number of benzene rings is 7. The Morgan fingerprint density at radius 1 is 0.575 bits per heavy atom. The molecule has 0 saturated heterocycles. The summed E-state index contributed by atoms with van der Waals surface area (Å²) in [5, 5.41) is 8.16. The Balaban J connectivity index is 0.653. The van der Waals surface area contributed by atoms with E-state index >= 15 is 0 Å². The van der Waals surface area contributed by atoms with Crippen molar-refractivity contribution in [2.75, 3.05) is 24.6 Å². The third-order valence-electron chi connectivity index (χ3n) is 15.0.